The van der Waals surface area contributed by atoms with Crippen LogP contribution in [0.4, 0.5) is 5.69 Å². The molecule has 1 saturated heterocycles. The number of hydrogen-bond donors (Lipinski definition) is 0. The smallest absolute Gasteiger partial charge is 0.326 e. The molecule has 0 unspecified atom stereocenters. The van der Waals surface area contributed by atoms with Crippen LogP contribution < -0.4 is 4.90 Å². The number of aryl methyl sites for hydroxylation is 1. The Labute approximate surface area is 146 Å². The molecule has 0 bridgehead atoms. The van der Waals surface area contributed by atoms with Crippen molar-refractivity contribution < 1.29 is 14.3 Å². The summed E-state index contributed by atoms with van der Waals surface area (Å²) < 4.78 is 5.07. The van der Waals surface area contributed by atoms with Gasteiger partial charge in [0.15, 0.2) is 11.2 Å². The Kier molecular flexibility index (Phi) is 3.32. The molecule has 0 radical (unpaired) electrons. The number of carbonyl (C=O) groups is 2. The minimum Gasteiger partial charge on any atom is -0.468 e. The number of benzene rings is 2. The van der Waals surface area contributed by atoms with E-state index in [1.807, 2.05) is 49.4 Å². The maximum Gasteiger partial charge on any atom is 0.326 e. The molecule has 4 rings (SSSR count). The Hall–Kier alpha value is -2.88. The monoisotopic (exact) mass is 333 g/mol. The Morgan fingerprint density at radius 3 is 2.56 bits per heavy atom. The molecule has 4 heteroatoms. The lowest BCUT2D eigenvalue weighted by molar-refractivity contribution is -0.147. The molecule has 2 atom stereocenters. The topological polar surface area (TPSA) is 46.6 Å². The van der Waals surface area contributed by atoms with Crippen molar-refractivity contribution in [2.45, 2.75) is 13.0 Å². The van der Waals surface area contributed by atoms with Crippen molar-refractivity contribution in [1.82, 2.24) is 0 Å². The lowest BCUT2D eigenvalue weighted by Crippen LogP contribution is -2.41. The van der Waals surface area contributed by atoms with Crippen molar-refractivity contribution in [2.75, 3.05) is 18.6 Å². The molecule has 0 amide bonds. The summed E-state index contributed by atoms with van der Waals surface area (Å²) in [7, 11) is 1.33. The predicted octanol–water partition coefficient (Wildman–Crippen LogP) is 3.47. The van der Waals surface area contributed by atoms with Gasteiger partial charge in [0.05, 0.1) is 13.2 Å². The van der Waals surface area contributed by atoms with Crippen molar-refractivity contribution in [2.24, 2.45) is 5.41 Å². The number of rotatable bonds is 2. The van der Waals surface area contributed by atoms with E-state index >= 15 is 0 Å². The molecule has 1 heterocycles. The minimum absolute atomic E-state index is 0.209. The van der Waals surface area contributed by atoms with E-state index in [1.54, 1.807) is 6.07 Å². The number of fused-ring (bicyclic) bond motifs is 3. The van der Waals surface area contributed by atoms with Crippen molar-refractivity contribution in [3.63, 3.8) is 0 Å². The van der Waals surface area contributed by atoms with Crippen LogP contribution in [0.15, 0.2) is 60.7 Å². The van der Waals surface area contributed by atoms with Gasteiger partial charge in [-0.1, -0.05) is 48.5 Å². The second kappa shape index (κ2) is 5.31. The summed E-state index contributed by atoms with van der Waals surface area (Å²) >= 11 is 0. The van der Waals surface area contributed by atoms with E-state index < -0.39 is 17.4 Å². The van der Waals surface area contributed by atoms with Crippen LogP contribution in [0.2, 0.25) is 0 Å². The summed E-state index contributed by atoms with van der Waals surface area (Å²) in [5, 5.41) is 0. The zero-order chi connectivity index (χ0) is 17.8. The SMILES string of the molecule is C=C1CN(c2ccc(C)cc2)[C@H]2c3ccccc3C(=O)[C@@]12C(=O)OC. The van der Waals surface area contributed by atoms with Crippen molar-refractivity contribution in [3.8, 4) is 0 Å². The van der Waals surface area contributed by atoms with Crippen LogP contribution in [-0.4, -0.2) is 25.4 Å². The maximum atomic E-state index is 13.3. The average molecular weight is 333 g/mol. The summed E-state index contributed by atoms with van der Waals surface area (Å²) in [6, 6.07) is 15.1. The number of hydrogen-bond acceptors (Lipinski definition) is 4. The Bertz CT molecular complexity index is 900. The molecular weight excluding hydrogens is 314 g/mol. The highest BCUT2D eigenvalue weighted by Crippen LogP contribution is 2.58. The van der Waals surface area contributed by atoms with E-state index in [4.69, 9.17) is 4.74 Å². The molecule has 126 valence electrons. The maximum absolute atomic E-state index is 13.3. The summed E-state index contributed by atoms with van der Waals surface area (Å²) in [5.74, 6) is -0.738. The molecule has 0 saturated carbocycles. The molecule has 2 aliphatic rings. The molecule has 2 aromatic carbocycles. The number of methoxy groups -OCH3 is 1. The van der Waals surface area contributed by atoms with Crippen molar-refractivity contribution >= 4 is 17.4 Å². The first kappa shape index (κ1) is 15.6. The van der Waals surface area contributed by atoms with Crippen molar-refractivity contribution in [1.29, 1.82) is 0 Å². The van der Waals surface area contributed by atoms with E-state index in [9.17, 15) is 9.59 Å². The van der Waals surface area contributed by atoms with Gasteiger partial charge in [-0.15, -0.1) is 0 Å². The molecule has 0 N–H and O–H groups in total. The number of ether oxygens (including phenoxy) is 1. The van der Waals surface area contributed by atoms with Crippen LogP contribution in [0.5, 0.6) is 0 Å². The first-order valence-corrected chi connectivity index (χ1v) is 8.25. The Balaban J connectivity index is 1.95. The highest BCUT2D eigenvalue weighted by Gasteiger charge is 2.66. The molecule has 4 nitrogen and oxygen atoms in total. The highest BCUT2D eigenvalue weighted by atomic mass is 16.5. The molecular formula is C21H19NO3. The number of carbonyl (C=O) groups excluding carboxylic acids is 2. The standard InChI is InChI=1S/C21H19NO3/c1-13-8-10-15(11-9-13)22-12-14(2)21(20(24)25-3)18(22)16-6-4-5-7-17(16)19(21)23/h4-11,18H,2,12H2,1,3H3/t18-,21+/m0/s1. The third-order valence-corrected chi connectivity index (χ3v) is 5.37. The fourth-order valence-electron chi connectivity index (χ4n) is 4.18. The molecule has 0 spiro atoms. The van der Waals surface area contributed by atoms with E-state index in [-0.39, 0.29) is 5.78 Å². The number of Topliss-reactive ketones (excluding diaryl/α,β-unsaturated/α-hetero) is 1. The van der Waals surface area contributed by atoms with Gasteiger partial charge in [-0.25, -0.2) is 0 Å². The molecule has 1 fully saturated rings. The van der Waals surface area contributed by atoms with Crippen LogP contribution in [-0.2, 0) is 9.53 Å². The first-order chi connectivity index (χ1) is 12.0. The van der Waals surface area contributed by atoms with E-state index in [1.165, 1.54) is 7.11 Å². The zero-order valence-corrected chi connectivity index (χ0v) is 14.3. The molecule has 25 heavy (non-hydrogen) atoms. The second-order valence-electron chi connectivity index (χ2n) is 6.69. The van der Waals surface area contributed by atoms with Gasteiger partial charge in [0.25, 0.3) is 0 Å². The molecule has 0 aromatic heterocycles. The van der Waals surface area contributed by atoms with Crippen molar-refractivity contribution in [3.05, 3.63) is 77.4 Å². The van der Waals surface area contributed by atoms with Gasteiger partial charge in [0.1, 0.15) is 0 Å². The van der Waals surface area contributed by atoms with Crippen LogP contribution in [0.25, 0.3) is 0 Å². The molecule has 2 aromatic rings. The van der Waals surface area contributed by atoms with Gasteiger partial charge in [-0.3, -0.25) is 9.59 Å². The molecule has 1 aliphatic carbocycles. The van der Waals surface area contributed by atoms with Gasteiger partial charge >= 0.3 is 5.97 Å². The third kappa shape index (κ3) is 1.88. The van der Waals surface area contributed by atoms with Gasteiger partial charge in [-0.05, 0) is 30.2 Å². The van der Waals surface area contributed by atoms with Crippen LogP contribution in [0.3, 0.4) is 0 Å². The molecule has 1 aliphatic heterocycles. The quantitative estimate of drug-likeness (QED) is 0.480. The highest BCUT2D eigenvalue weighted by molar-refractivity contribution is 6.20. The third-order valence-electron chi connectivity index (χ3n) is 5.37. The number of esters is 1. The van der Waals surface area contributed by atoms with Gasteiger partial charge < -0.3 is 9.64 Å². The Morgan fingerprint density at radius 2 is 1.88 bits per heavy atom. The number of anilines is 1. The van der Waals surface area contributed by atoms with E-state index in [0.717, 1.165) is 16.8 Å². The van der Waals surface area contributed by atoms with Crippen LogP contribution in [0.1, 0.15) is 27.5 Å². The van der Waals surface area contributed by atoms with Gasteiger partial charge in [0, 0.05) is 17.8 Å². The van der Waals surface area contributed by atoms with Gasteiger partial charge in [-0.2, -0.15) is 0 Å². The largest absolute Gasteiger partial charge is 0.468 e. The van der Waals surface area contributed by atoms with Crippen LogP contribution in [0, 0.1) is 12.3 Å². The summed E-state index contributed by atoms with van der Waals surface area (Å²) in [6.45, 7) is 6.58. The fourth-order valence-corrected chi connectivity index (χ4v) is 4.18. The van der Waals surface area contributed by atoms with Crippen LogP contribution >= 0.6 is 0 Å². The number of ketones is 1. The second-order valence-corrected chi connectivity index (χ2v) is 6.69. The normalized spacial score (nSPS) is 24.2. The van der Waals surface area contributed by atoms with E-state index in [0.29, 0.717) is 17.7 Å². The van der Waals surface area contributed by atoms with E-state index in [2.05, 4.69) is 11.5 Å². The first-order valence-electron chi connectivity index (χ1n) is 8.25. The fraction of sp³-hybridized carbons (Fsp3) is 0.238. The van der Waals surface area contributed by atoms with Gasteiger partial charge in [0.2, 0.25) is 0 Å². The number of nitrogens with zero attached hydrogens (tertiary/aromatic N) is 1. The average Bonchev–Trinajstić information content (AvgIpc) is 3.08. The summed E-state index contributed by atoms with van der Waals surface area (Å²) in [5.41, 5.74) is 2.79. The summed E-state index contributed by atoms with van der Waals surface area (Å²) in [6.07, 6.45) is 0. The lowest BCUT2D eigenvalue weighted by atomic mass is 9.77. The predicted molar refractivity (Wildman–Crippen MR) is 95.6 cm³/mol. The summed E-state index contributed by atoms with van der Waals surface area (Å²) in [4.78, 5) is 28.1. The lowest BCUT2D eigenvalue weighted by Gasteiger charge is -2.30. The zero-order valence-electron chi connectivity index (χ0n) is 14.3. The minimum atomic E-state index is -1.36. The Morgan fingerprint density at radius 1 is 1.20 bits per heavy atom.